The molecule has 3 aromatic heterocycles. The van der Waals surface area contributed by atoms with Crippen LogP contribution in [0.2, 0.25) is 5.02 Å². The molecule has 0 bridgehead atoms. The first-order chi connectivity index (χ1) is 15.2. The lowest BCUT2D eigenvalue weighted by Gasteiger charge is -2.15. The van der Waals surface area contributed by atoms with Gasteiger partial charge in [-0.2, -0.15) is 13.2 Å². The van der Waals surface area contributed by atoms with E-state index in [0.717, 1.165) is 18.3 Å². The predicted molar refractivity (Wildman–Crippen MR) is 115 cm³/mol. The second-order valence-electron chi connectivity index (χ2n) is 6.95. The molecule has 5 nitrogen and oxygen atoms in total. The van der Waals surface area contributed by atoms with Crippen molar-refractivity contribution in [3.8, 4) is 11.1 Å². The smallest absolute Gasteiger partial charge is 0.353 e. The zero-order valence-electron chi connectivity index (χ0n) is 16.5. The molecule has 0 aliphatic carbocycles. The number of benzene rings is 1. The number of H-pyrrole nitrogens is 1. The van der Waals surface area contributed by atoms with Crippen molar-refractivity contribution in [2.24, 2.45) is 0 Å². The van der Waals surface area contributed by atoms with E-state index in [1.807, 2.05) is 6.92 Å². The van der Waals surface area contributed by atoms with Crippen LogP contribution in [-0.2, 0) is 12.6 Å². The van der Waals surface area contributed by atoms with Crippen molar-refractivity contribution in [2.45, 2.75) is 19.5 Å². The Morgan fingerprint density at radius 2 is 1.84 bits per heavy atom. The van der Waals surface area contributed by atoms with E-state index in [2.05, 4.69) is 20.3 Å². The average molecular weight is 463 g/mol. The van der Waals surface area contributed by atoms with E-state index < -0.39 is 23.2 Å². The molecule has 0 aliphatic rings. The maximum absolute atomic E-state index is 14.4. The number of aromatic nitrogens is 3. The lowest BCUT2D eigenvalue weighted by atomic mass is 10.0. The van der Waals surface area contributed by atoms with Crippen LogP contribution in [-0.4, -0.2) is 15.0 Å². The van der Waals surface area contributed by atoms with Gasteiger partial charge in [-0.3, -0.25) is 14.8 Å². The number of nitrogens with zero attached hydrogens (tertiary/aromatic N) is 2. The van der Waals surface area contributed by atoms with E-state index >= 15 is 0 Å². The highest BCUT2D eigenvalue weighted by atomic mass is 35.5. The molecule has 0 amide bonds. The van der Waals surface area contributed by atoms with Crippen LogP contribution in [0.15, 0.2) is 53.6 Å². The molecule has 4 rings (SSSR count). The summed E-state index contributed by atoms with van der Waals surface area (Å²) in [5.74, 6) is -0.617. The van der Waals surface area contributed by atoms with Crippen LogP contribution in [0.5, 0.6) is 0 Å². The fourth-order valence-electron chi connectivity index (χ4n) is 3.31. The lowest BCUT2D eigenvalue weighted by Crippen LogP contribution is -2.14. The number of aromatic amines is 1. The molecule has 0 spiro atoms. The van der Waals surface area contributed by atoms with E-state index in [4.69, 9.17) is 11.6 Å². The first-order valence-electron chi connectivity index (χ1n) is 9.48. The Bertz CT molecular complexity index is 1380. The molecule has 0 saturated carbocycles. The topological polar surface area (TPSA) is 70.7 Å². The Hall–Kier alpha value is -3.46. The van der Waals surface area contributed by atoms with Gasteiger partial charge in [-0.25, -0.2) is 4.39 Å². The molecule has 2 N–H and O–H groups in total. The molecule has 0 atom stereocenters. The minimum absolute atomic E-state index is 0.0283. The first-order valence-corrected chi connectivity index (χ1v) is 9.85. The van der Waals surface area contributed by atoms with Gasteiger partial charge in [0.2, 0.25) is 0 Å². The van der Waals surface area contributed by atoms with E-state index in [0.29, 0.717) is 28.9 Å². The summed E-state index contributed by atoms with van der Waals surface area (Å²) >= 11 is 5.97. The molecule has 164 valence electrons. The average Bonchev–Trinajstić information content (AvgIpc) is 2.75. The number of rotatable bonds is 4. The van der Waals surface area contributed by atoms with Gasteiger partial charge in [-0.1, -0.05) is 18.5 Å². The predicted octanol–water partition coefficient (Wildman–Crippen LogP) is 6.10. The van der Waals surface area contributed by atoms with Crippen molar-refractivity contribution >= 4 is 33.9 Å². The van der Waals surface area contributed by atoms with Crippen LogP contribution < -0.4 is 10.9 Å². The summed E-state index contributed by atoms with van der Waals surface area (Å²) in [7, 11) is 0. The molecule has 32 heavy (non-hydrogen) atoms. The lowest BCUT2D eigenvalue weighted by molar-refractivity contribution is -0.141. The fourth-order valence-corrected chi connectivity index (χ4v) is 3.49. The van der Waals surface area contributed by atoms with Crippen LogP contribution in [0, 0.1) is 5.82 Å². The number of pyridine rings is 3. The van der Waals surface area contributed by atoms with Crippen molar-refractivity contribution < 1.29 is 17.6 Å². The van der Waals surface area contributed by atoms with Gasteiger partial charge in [-0.05, 0) is 42.8 Å². The Kier molecular flexibility index (Phi) is 5.60. The minimum Gasteiger partial charge on any atom is -0.353 e. The van der Waals surface area contributed by atoms with Gasteiger partial charge in [0.1, 0.15) is 11.5 Å². The highest BCUT2D eigenvalue weighted by molar-refractivity contribution is 6.30. The summed E-state index contributed by atoms with van der Waals surface area (Å²) < 4.78 is 53.3. The first kappa shape index (κ1) is 21.8. The zero-order chi connectivity index (χ0) is 23.0. The van der Waals surface area contributed by atoms with E-state index in [1.165, 1.54) is 24.4 Å². The van der Waals surface area contributed by atoms with E-state index in [1.54, 1.807) is 6.07 Å². The molecule has 0 radical (unpaired) electrons. The van der Waals surface area contributed by atoms with Gasteiger partial charge in [0.05, 0.1) is 22.5 Å². The highest BCUT2D eigenvalue weighted by Gasteiger charge is 2.32. The second-order valence-corrected chi connectivity index (χ2v) is 7.39. The molecule has 1 aromatic carbocycles. The van der Waals surface area contributed by atoms with Crippen molar-refractivity contribution in [1.82, 2.24) is 15.0 Å². The Morgan fingerprint density at radius 3 is 2.56 bits per heavy atom. The Morgan fingerprint density at radius 1 is 1.06 bits per heavy atom. The molecule has 0 fully saturated rings. The van der Waals surface area contributed by atoms with Gasteiger partial charge >= 0.3 is 6.18 Å². The molecular formula is C22H15ClF4N4O. The number of fused-ring (bicyclic) bond motifs is 1. The SMILES string of the molecule is CCc1[nH]c(=O)c(-c2cc(Cl)ccc2F)cc1Nc1ccnc2cc(C(F)(F)F)ncc12. The molecule has 4 aromatic rings. The summed E-state index contributed by atoms with van der Waals surface area (Å²) in [6.07, 6.45) is -1.71. The quantitative estimate of drug-likeness (QED) is 0.359. The maximum atomic E-state index is 14.4. The Balaban J connectivity index is 1.83. The maximum Gasteiger partial charge on any atom is 0.433 e. The molecule has 10 heteroatoms. The zero-order valence-corrected chi connectivity index (χ0v) is 17.3. The third-order valence-corrected chi connectivity index (χ3v) is 5.12. The van der Waals surface area contributed by atoms with Gasteiger partial charge in [0, 0.05) is 34.1 Å². The summed E-state index contributed by atoms with van der Waals surface area (Å²) in [5, 5.41) is 3.73. The van der Waals surface area contributed by atoms with Gasteiger partial charge < -0.3 is 10.3 Å². The van der Waals surface area contributed by atoms with Gasteiger partial charge in [0.25, 0.3) is 5.56 Å². The third-order valence-electron chi connectivity index (χ3n) is 4.88. The largest absolute Gasteiger partial charge is 0.433 e. The van der Waals surface area contributed by atoms with Crippen molar-refractivity contribution in [1.29, 1.82) is 0 Å². The summed E-state index contributed by atoms with van der Waals surface area (Å²) in [6.45, 7) is 1.82. The number of hydrogen-bond donors (Lipinski definition) is 2. The normalized spacial score (nSPS) is 11.7. The van der Waals surface area contributed by atoms with Crippen LogP contribution in [0.3, 0.4) is 0 Å². The van der Waals surface area contributed by atoms with E-state index in [9.17, 15) is 22.4 Å². The molecule has 3 heterocycles. The second kappa shape index (κ2) is 8.23. The molecular weight excluding hydrogens is 448 g/mol. The van der Waals surface area contributed by atoms with Crippen molar-refractivity contribution in [3.05, 3.63) is 81.4 Å². The number of halogens is 5. The molecule has 0 saturated heterocycles. The summed E-state index contributed by atoms with van der Waals surface area (Å²) in [5.41, 5.74) is 0.0497. The number of hydrogen-bond acceptors (Lipinski definition) is 4. The minimum atomic E-state index is -4.59. The van der Waals surface area contributed by atoms with Crippen molar-refractivity contribution in [2.75, 3.05) is 5.32 Å². The fraction of sp³-hybridized carbons (Fsp3) is 0.136. The monoisotopic (exact) mass is 462 g/mol. The molecule has 0 unspecified atom stereocenters. The summed E-state index contributed by atoms with van der Waals surface area (Å²) in [6, 6.07) is 7.80. The van der Waals surface area contributed by atoms with Crippen molar-refractivity contribution in [3.63, 3.8) is 0 Å². The van der Waals surface area contributed by atoms with E-state index in [-0.39, 0.29) is 21.7 Å². The molecule has 0 aliphatic heterocycles. The van der Waals surface area contributed by atoms with Gasteiger partial charge in [0.15, 0.2) is 0 Å². The number of alkyl halides is 3. The van der Waals surface area contributed by atoms with Gasteiger partial charge in [-0.15, -0.1) is 0 Å². The standard InChI is InChI=1S/C22H15ClF4N4O/c1-2-16-19(8-13(21(32)31-16)12-7-11(23)3-4-15(12)24)30-17-5-6-28-18-9-20(22(25,26)27)29-10-14(17)18/h3-10H,2H2,1H3,(H,28,30)(H,31,32). The summed E-state index contributed by atoms with van der Waals surface area (Å²) in [4.78, 5) is 22.8. The third kappa shape index (κ3) is 4.16. The van der Waals surface area contributed by atoms with Crippen LogP contribution in [0.1, 0.15) is 18.3 Å². The number of anilines is 2. The number of nitrogens with one attached hydrogen (secondary N) is 2. The highest BCUT2D eigenvalue weighted by Crippen LogP contribution is 2.33. The number of aryl methyl sites for hydroxylation is 1. The van der Waals surface area contributed by atoms with Crippen LogP contribution in [0.4, 0.5) is 28.9 Å². The Labute approximate surface area is 184 Å². The van der Waals surface area contributed by atoms with Crippen LogP contribution in [0.25, 0.3) is 22.0 Å². The van der Waals surface area contributed by atoms with Crippen LogP contribution >= 0.6 is 11.6 Å².